The van der Waals surface area contributed by atoms with E-state index in [1.807, 2.05) is 0 Å². The smallest absolute Gasteiger partial charge is 0.139 e. The van der Waals surface area contributed by atoms with Crippen LogP contribution in [0.4, 0.5) is 0 Å². The molecule has 13 heavy (non-hydrogen) atoms. The van der Waals surface area contributed by atoms with Gasteiger partial charge < -0.3 is 31.0 Å². The summed E-state index contributed by atoms with van der Waals surface area (Å²) in [7, 11) is 0. The highest BCUT2D eigenvalue weighted by molar-refractivity contribution is 5.85. The molecular weight excluding hydrogens is 203 g/mol. The molecule has 0 aliphatic rings. The molecule has 6 nitrogen and oxygen atoms in total. The van der Waals surface area contributed by atoms with Gasteiger partial charge in [0, 0.05) is 0 Å². The van der Waals surface area contributed by atoms with E-state index >= 15 is 0 Å². The molecular formula is C6H14ClNO5. The van der Waals surface area contributed by atoms with Crippen molar-refractivity contribution in [3.05, 3.63) is 0 Å². The zero-order chi connectivity index (χ0) is 9.72. The summed E-state index contributed by atoms with van der Waals surface area (Å²) in [6.07, 6.45) is -4.43. The molecule has 0 saturated heterocycles. The molecule has 6 N–H and O–H groups in total. The van der Waals surface area contributed by atoms with Crippen LogP contribution >= 0.6 is 12.4 Å². The number of hydrogen-bond acceptors (Lipinski definition) is 6. The Morgan fingerprint density at radius 3 is 2.00 bits per heavy atom. The largest absolute Gasteiger partial charge is 0.394 e. The second kappa shape index (κ2) is 7.19. The molecule has 0 amide bonds. The van der Waals surface area contributed by atoms with Crippen molar-refractivity contribution in [1.82, 2.24) is 0 Å². The minimum Gasteiger partial charge on any atom is -0.394 e. The van der Waals surface area contributed by atoms with Crippen LogP contribution in [0.2, 0.25) is 0 Å². The fraction of sp³-hybridized carbons (Fsp3) is 0.833. The van der Waals surface area contributed by atoms with Crippen molar-refractivity contribution in [2.75, 3.05) is 6.61 Å². The lowest BCUT2D eigenvalue weighted by molar-refractivity contribution is -0.118. The fourth-order valence-corrected chi connectivity index (χ4v) is 0.644. The second-order valence-electron chi connectivity index (χ2n) is 2.44. The third kappa shape index (κ3) is 4.51. The third-order valence-electron chi connectivity index (χ3n) is 1.48. The molecule has 0 heterocycles. The molecule has 0 bridgehead atoms. The van der Waals surface area contributed by atoms with Gasteiger partial charge in [-0.2, -0.15) is 0 Å². The second-order valence-corrected chi connectivity index (χ2v) is 2.44. The summed E-state index contributed by atoms with van der Waals surface area (Å²) in [5.41, 5.74) is 5.04. The maximum absolute atomic E-state index is 10.0. The van der Waals surface area contributed by atoms with E-state index in [0.717, 1.165) is 0 Å². The number of carbonyl (C=O) groups excluding carboxylic acids is 1. The van der Waals surface area contributed by atoms with Crippen LogP contribution in [0.1, 0.15) is 0 Å². The summed E-state index contributed by atoms with van der Waals surface area (Å²) in [6, 6.07) is -1.26. The normalized spacial score (nSPS) is 19.5. The van der Waals surface area contributed by atoms with Gasteiger partial charge in [-0.25, -0.2) is 0 Å². The Labute approximate surface area is 81.4 Å². The molecule has 0 aliphatic carbocycles. The van der Waals surface area contributed by atoms with Crippen LogP contribution in [-0.4, -0.2) is 57.7 Å². The predicted octanol–water partition coefficient (Wildman–Crippen LogP) is -2.99. The Morgan fingerprint density at radius 1 is 1.23 bits per heavy atom. The van der Waals surface area contributed by atoms with E-state index < -0.39 is 31.0 Å². The number of aliphatic hydroxyl groups excluding tert-OH is 4. The van der Waals surface area contributed by atoms with E-state index in [9.17, 15) is 4.79 Å². The Morgan fingerprint density at radius 2 is 1.69 bits per heavy atom. The minimum atomic E-state index is -1.62. The standard InChI is InChI=1S/C6H13NO5.ClH/c7-3(1-8)5(11)6(12)4(10)2-9;/h1,3-6,9-12H,2,7H2;1H/t3-,4+,5+,6-;/m0./s1/i1+1;. The zero-order valence-electron chi connectivity index (χ0n) is 6.78. The van der Waals surface area contributed by atoms with Gasteiger partial charge in [0.25, 0.3) is 0 Å². The molecule has 0 saturated carbocycles. The van der Waals surface area contributed by atoms with Gasteiger partial charge in [0.2, 0.25) is 0 Å². The van der Waals surface area contributed by atoms with E-state index in [2.05, 4.69) is 0 Å². The molecule has 0 aromatic heterocycles. The first kappa shape index (κ1) is 15.2. The van der Waals surface area contributed by atoms with Gasteiger partial charge in [0.05, 0.1) is 12.6 Å². The molecule has 0 rings (SSSR count). The molecule has 7 heteroatoms. The van der Waals surface area contributed by atoms with E-state index in [-0.39, 0.29) is 18.7 Å². The highest BCUT2D eigenvalue weighted by Gasteiger charge is 2.28. The van der Waals surface area contributed by atoms with Crippen LogP contribution in [0.3, 0.4) is 0 Å². The summed E-state index contributed by atoms with van der Waals surface area (Å²) < 4.78 is 0. The average molecular weight is 217 g/mol. The highest BCUT2D eigenvalue weighted by Crippen LogP contribution is 2.01. The van der Waals surface area contributed by atoms with Crippen molar-refractivity contribution >= 4 is 18.7 Å². The Hall–Kier alpha value is -0.240. The number of hydrogen-bond donors (Lipinski definition) is 5. The van der Waals surface area contributed by atoms with Crippen molar-refractivity contribution in [2.45, 2.75) is 24.4 Å². The molecule has 0 radical (unpaired) electrons. The summed E-state index contributed by atoms with van der Waals surface area (Å²) >= 11 is 0. The van der Waals surface area contributed by atoms with Gasteiger partial charge in [0.1, 0.15) is 24.6 Å². The molecule has 0 aromatic rings. The fourth-order valence-electron chi connectivity index (χ4n) is 0.644. The summed E-state index contributed by atoms with van der Waals surface area (Å²) in [6.45, 7) is -0.705. The molecule has 0 aromatic carbocycles. The minimum absolute atomic E-state index is 0. The highest BCUT2D eigenvalue weighted by atomic mass is 35.5. The summed E-state index contributed by atoms with van der Waals surface area (Å²) in [5, 5.41) is 35.2. The number of carbonyl (C=O) groups is 1. The quantitative estimate of drug-likeness (QED) is 0.247. The van der Waals surface area contributed by atoms with Crippen molar-refractivity contribution in [1.29, 1.82) is 0 Å². The molecule has 0 aliphatic heterocycles. The topological polar surface area (TPSA) is 124 Å². The van der Waals surface area contributed by atoms with E-state index in [4.69, 9.17) is 26.2 Å². The predicted molar refractivity (Wildman–Crippen MR) is 46.4 cm³/mol. The number of aldehydes is 1. The van der Waals surface area contributed by atoms with Crippen molar-refractivity contribution in [3.8, 4) is 0 Å². The lowest BCUT2D eigenvalue weighted by Gasteiger charge is -2.23. The lowest BCUT2D eigenvalue weighted by atomic mass is 10.1. The van der Waals surface area contributed by atoms with E-state index in [1.165, 1.54) is 0 Å². The zero-order valence-corrected chi connectivity index (χ0v) is 7.59. The number of rotatable bonds is 5. The van der Waals surface area contributed by atoms with Crippen molar-refractivity contribution in [2.24, 2.45) is 5.73 Å². The van der Waals surface area contributed by atoms with Crippen LogP contribution in [0.15, 0.2) is 0 Å². The Balaban J connectivity index is 0. The van der Waals surface area contributed by atoms with Crippen LogP contribution in [-0.2, 0) is 4.79 Å². The Kier molecular flexibility index (Phi) is 8.43. The van der Waals surface area contributed by atoms with Gasteiger partial charge in [-0.15, -0.1) is 12.4 Å². The number of aliphatic hydroxyl groups is 4. The molecule has 0 fully saturated rings. The first-order chi connectivity index (χ1) is 5.54. The van der Waals surface area contributed by atoms with Gasteiger partial charge >= 0.3 is 0 Å². The monoisotopic (exact) mass is 216 g/mol. The molecule has 0 spiro atoms. The Bertz CT molecular complexity index is 147. The lowest BCUT2D eigenvalue weighted by Crippen LogP contribution is -2.49. The first-order valence-electron chi connectivity index (χ1n) is 3.40. The summed E-state index contributed by atoms with van der Waals surface area (Å²) in [4.78, 5) is 10.0. The van der Waals surface area contributed by atoms with Gasteiger partial charge in [0.15, 0.2) is 0 Å². The molecule has 80 valence electrons. The van der Waals surface area contributed by atoms with E-state index in [0.29, 0.717) is 0 Å². The van der Waals surface area contributed by atoms with Crippen molar-refractivity contribution < 1.29 is 25.2 Å². The van der Waals surface area contributed by atoms with Gasteiger partial charge in [-0.1, -0.05) is 0 Å². The molecule has 0 unspecified atom stereocenters. The van der Waals surface area contributed by atoms with Crippen LogP contribution in [0.25, 0.3) is 0 Å². The van der Waals surface area contributed by atoms with Crippen LogP contribution in [0, 0.1) is 0 Å². The van der Waals surface area contributed by atoms with E-state index in [1.54, 1.807) is 0 Å². The average Bonchev–Trinajstić information content (AvgIpc) is 2.12. The first-order valence-corrected chi connectivity index (χ1v) is 3.40. The van der Waals surface area contributed by atoms with Gasteiger partial charge in [-0.3, -0.25) is 0 Å². The van der Waals surface area contributed by atoms with Crippen molar-refractivity contribution in [3.63, 3.8) is 0 Å². The van der Waals surface area contributed by atoms with Gasteiger partial charge in [-0.05, 0) is 0 Å². The molecule has 4 atom stereocenters. The van der Waals surface area contributed by atoms with Crippen LogP contribution < -0.4 is 5.73 Å². The number of halogens is 1. The summed E-state index contributed by atoms with van der Waals surface area (Å²) in [5.74, 6) is 0. The third-order valence-corrected chi connectivity index (χ3v) is 1.48. The SMILES string of the molecule is Cl.N[C@@H]([13CH]=O)[C@@H](O)[C@@H](O)[C@H](O)CO. The maximum atomic E-state index is 10.0. The number of nitrogens with two attached hydrogens (primary N) is 1. The van der Waals surface area contributed by atoms with Crippen LogP contribution in [0.5, 0.6) is 0 Å². The maximum Gasteiger partial charge on any atom is 0.139 e.